The minimum atomic E-state index is -1.51. The number of benzene rings is 1. The Hall–Kier alpha value is -2.97. The Labute approximate surface area is 195 Å². The van der Waals surface area contributed by atoms with Crippen LogP contribution in [0.1, 0.15) is 38.7 Å². The molecule has 0 saturated carbocycles. The van der Waals surface area contributed by atoms with Crippen LogP contribution in [0.2, 0.25) is 0 Å². The molecule has 0 fully saturated rings. The fraction of sp³-hybridized carbons (Fsp3) is 0.480. The molecule has 180 valence electrons. The number of hydrogen-bond donors (Lipinski definition) is 4. The molecular weight excluding hydrogens is 420 g/mol. The minimum absolute atomic E-state index is 0.0265. The summed E-state index contributed by atoms with van der Waals surface area (Å²) in [6, 6.07) is 9.32. The van der Waals surface area contributed by atoms with E-state index in [0.717, 1.165) is 18.4 Å². The molecule has 2 rings (SSSR count). The molecule has 0 bridgehead atoms. The van der Waals surface area contributed by atoms with Crippen LogP contribution < -0.4 is 17.2 Å². The third-order valence-corrected chi connectivity index (χ3v) is 6.18. The first-order valence-corrected chi connectivity index (χ1v) is 11.4. The van der Waals surface area contributed by atoms with Crippen molar-refractivity contribution in [2.24, 2.45) is 28.5 Å². The molecule has 33 heavy (non-hydrogen) atoms. The first-order chi connectivity index (χ1) is 15.7. The van der Waals surface area contributed by atoms with Crippen molar-refractivity contribution in [1.82, 2.24) is 4.90 Å². The van der Waals surface area contributed by atoms with Gasteiger partial charge in [0.05, 0.1) is 11.5 Å². The topological polar surface area (TPSA) is 153 Å². The fourth-order valence-electron chi connectivity index (χ4n) is 4.53. The summed E-state index contributed by atoms with van der Waals surface area (Å²) in [5.41, 5.74) is 17.0. The summed E-state index contributed by atoms with van der Waals surface area (Å²) in [5, 5.41) is 10.9. The zero-order valence-electron chi connectivity index (χ0n) is 19.5. The first-order valence-electron chi connectivity index (χ1n) is 11.4. The fourth-order valence-corrected chi connectivity index (χ4v) is 4.53. The summed E-state index contributed by atoms with van der Waals surface area (Å²) in [4.78, 5) is 40.3. The Balaban J connectivity index is 2.61. The Morgan fingerprint density at radius 1 is 1.09 bits per heavy atom. The number of primary amides is 2. The lowest BCUT2D eigenvalue weighted by Gasteiger charge is -2.41. The number of nitrogens with zero attached hydrogens (tertiary/aromatic N) is 1. The summed E-state index contributed by atoms with van der Waals surface area (Å²) >= 11 is 0. The van der Waals surface area contributed by atoms with E-state index in [9.17, 15) is 19.5 Å². The Morgan fingerprint density at radius 2 is 1.70 bits per heavy atom. The van der Waals surface area contributed by atoms with Crippen molar-refractivity contribution in [1.29, 1.82) is 0 Å². The summed E-state index contributed by atoms with van der Waals surface area (Å²) in [6.45, 7) is 4.92. The van der Waals surface area contributed by atoms with Gasteiger partial charge in [-0.3, -0.25) is 14.4 Å². The SMILES string of the molecule is CCCN(CCC)C(=O)C1=CC(C(N)=O)=CC(C(N)=O)([C@H](Cc2ccccc2)[C@@H](O)CN)C1. The van der Waals surface area contributed by atoms with Crippen molar-refractivity contribution >= 4 is 17.7 Å². The lowest BCUT2D eigenvalue weighted by Crippen LogP contribution is -2.51. The molecule has 0 heterocycles. The predicted octanol–water partition coefficient (Wildman–Crippen LogP) is 1.03. The Bertz CT molecular complexity index is 906. The Kier molecular flexibility index (Phi) is 9.37. The average Bonchev–Trinajstić information content (AvgIpc) is 2.81. The van der Waals surface area contributed by atoms with Crippen LogP contribution in [0.25, 0.3) is 0 Å². The molecule has 1 aliphatic rings. The van der Waals surface area contributed by atoms with Crippen LogP contribution in [-0.4, -0.2) is 53.5 Å². The smallest absolute Gasteiger partial charge is 0.249 e. The zero-order valence-corrected chi connectivity index (χ0v) is 19.5. The van der Waals surface area contributed by atoms with Gasteiger partial charge in [0, 0.05) is 36.7 Å². The van der Waals surface area contributed by atoms with Crippen LogP contribution in [0, 0.1) is 11.3 Å². The van der Waals surface area contributed by atoms with Crippen molar-refractivity contribution in [3.05, 3.63) is 59.2 Å². The quantitative estimate of drug-likeness (QED) is 0.370. The number of aliphatic hydroxyl groups excluding tert-OH is 1. The molecule has 7 N–H and O–H groups in total. The maximum atomic E-state index is 13.4. The standard InChI is InChI=1S/C25H36N4O4/c1-3-10-29(11-4-2)23(32)19-13-18(22(27)31)14-25(15-19,24(28)33)20(21(30)16-26)12-17-8-6-5-7-9-17/h5-9,13-14,20-21,30H,3-4,10-12,15-16,26H2,1-2H3,(H2,27,31)(H2,28,33)/t20-,21+,25?/m1/s1. The van der Waals surface area contributed by atoms with Crippen LogP contribution in [0.5, 0.6) is 0 Å². The number of carbonyl (C=O) groups is 3. The maximum absolute atomic E-state index is 13.4. The molecular formula is C25H36N4O4. The van der Waals surface area contributed by atoms with Gasteiger partial charge < -0.3 is 27.2 Å². The number of rotatable bonds is 12. The van der Waals surface area contributed by atoms with E-state index >= 15 is 0 Å². The van der Waals surface area contributed by atoms with Gasteiger partial charge in [-0.05, 0) is 37.3 Å². The molecule has 0 spiro atoms. The lowest BCUT2D eigenvalue weighted by molar-refractivity contribution is -0.132. The van der Waals surface area contributed by atoms with Gasteiger partial charge in [0.15, 0.2) is 0 Å². The van der Waals surface area contributed by atoms with Crippen molar-refractivity contribution in [3.8, 4) is 0 Å². The molecule has 0 radical (unpaired) electrons. The van der Waals surface area contributed by atoms with Crippen LogP contribution in [0.3, 0.4) is 0 Å². The van der Waals surface area contributed by atoms with Gasteiger partial charge >= 0.3 is 0 Å². The molecule has 1 aliphatic carbocycles. The zero-order chi connectivity index (χ0) is 24.6. The maximum Gasteiger partial charge on any atom is 0.249 e. The normalized spacial score (nSPS) is 19.8. The summed E-state index contributed by atoms with van der Waals surface area (Å²) in [7, 11) is 0. The number of amides is 3. The van der Waals surface area contributed by atoms with Crippen LogP contribution >= 0.6 is 0 Å². The largest absolute Gasteiger partial charge is 0.391 e. The van der Waals surface area contributed by atoms with E-state index < -0.39 is 29.3 Å². The van der Waals surface area contributed by atoms with E-state index in [-0.39, 0.29) is 36.4 Å². The molecule has 1 aromatic rings. The van der Waals surface area contributed by atoms with Crippen LogP contribution in [0.4, 0.5) is 0 Å². The highest BCUT2D eigenvalue weighted by Crippen LogP contribution is 2.44. The highest BCUT2D eigenvalue weighted by Gasteiger charge is 2.49. The van der Waals surface area contributed by atoms with E-state index in [4.69, 9.17) is 17.2 Å². The van der Waals surface area contributed by atoms with Gasteiger partial charge in [-0.2, -0.15) is 0 Å². The third kappa shape index (κ3) is 6.09. The van der Waals surface area contributed by atoms with E-state index in [1.807, 2.05) is 44.2 Å². The number of hydrogen-bond acceptors (Lipinski definition) is 5. The second-order valence-corrected chi connectivity index (χ2v) is 8.61. The van der Waals surface area contributed by atoms with Crippen LogP contribution in [0.15, 0.2) is 53.6 Å². The highest BCUT2D eigenvalue weighted by atomic mass is 16.3. The number of nitrogens with two attached hydrogens (primary N) is 3. The number of aliphatic hydroxyl groups is 1. The summed E-state index contributed by atoms with van der Waals surface area (Å²) < 4.78 is 0. The molecule has 1 aromatic carbocycles. The van der Waals surface area contributed by atoms with Gasteiger partial charge in [0.2, 0.25) is 17.7 Å². The molecule has 8 nitrogen and oxygen atoms in total. The first kappa shape index (κ1) is 26.3. The van der Waals surface area contributed by atoms with Gasteiger partial charge in [-0.25, -0.2) is 0 Å². The third-order valence-electron chi connectivity index (χ3n) is 6.18. The van der Waals surface area contributed by atoms with Crippen LogP contribution in [-0.2, 0) is 20.8 Å². The monoisotopic (exact) mass is 456 g/mol. The second-order valence-electron chi connectivity index (χ2n) is 8.61. The second kappa shape index (κ2) is 11.8. The minimum Gasteiger partial charge on any atom is -0.391 e. The van der Waals surface area contributed by atoms with Gasteiger partial charge in [0.25, 0.3) is 0 Å². The van der Waals surface area contributed by atoms with Crippen molar-refractivity contribution < 1.29 is 19.5 Å². The van der Waals surface area contributed by atoms with Gasteiger partial charge in [-0.1, -0.05) is 50.3 Å². The summed E-state index contributed by atoms with van der Waals surface area (Å²) in [5.74, 6) is -2.55. The van der Waals surface area contributed by atoms with Gasteiger partial charge in [0.1, 0.15) is 0 Å². The summed E-state index contributed by atoms with van der Waals surface area (Å²) in [6.07, 6.45) is 3.53. The van der Waals surface area contributed by atoms with E-state index in [0.29, 0.717) is 13.1 Å². The molecule has 3 amide bonds. The van der Waals surface area contributed by atoms with E-state index in [1.165, 1.54) is 12.2 Å². The van der Waals surface area contributed by atoms with E-state index in [1.54, 1.807) is 4.90 Å². The highest BCUT2D eigenvalue weighted by molar-refractivity contribution is 6.03. The molecule has 0 saturated heterocycles. The molecule has 8 heteroatoms. The van der Waals surface area contributed by atoms with Gasteiger partial charge in [-0.15, -0.1) is 0 Å². The molecule has 1 unspecified atom stereocenters. The van der Waals surface area contributed by atoms with Crippen molar-refractivity contribution in [2.45, 2.75) is 45.6 Å². The number of carbonyl (C=O) groups excluding carboxylic acids is 3. The Morgan fingerprint density at radius 3 is 2.18 bits per heavy atom. The predicted molar refractivity (Wildman–Crippen MR) is 127 cm³/mol. The van der Waals surface area contributed by atoms with Crippen molar-refractivity contribution in [3.63, 3.8) is 0 Å². The molecule has 0 aromatic heterocycles. The van der Waals surface area contributed by atoms with E-state index in [2.05, 4.69) is 0 Å². The van der Waals surface area contributed by atoms with Crippen molar-refractivity contribution in [2.75, 3.05) is 19.6 Å². The average molecular weight is 457 g/mol. The molecule has 3 atom stereocenters. The lowest BCUT2D eigenvalue weighted by atomic mass is 9.63. The molecule has 0 aliphatic heterocycles.